The van der Waals surface area contributed by atoms with Crippen LogP contribution in [0.4, 0.5) is 4.79 Å². The molecule has 1 aliphatic heterocycles. The number of piperidine rings is 1. The molecule has 4 N–H and O–H groups in total. The lowest BCUT2D eigenvalue weighted by Crippen LogP contribution is -2.61. The number of ether oxygens (including phenoxy) is 1. The zero-order valence-corrected chi connectivity index (χ0v) is 23.2. The lowest BCUT2D eigenvalue weighted by molar-refractivity contribution is -0.150. The number of carbonyl (C=O) groups excluding carboxylic acids is 3. The summed E-state index contributed by atoms with van der Waals surface area (Å²) in [5, 5.41) is 17.3. The number of nitrogens with one attached hydrogen (secondary N) is 3. The molecule has 0 atom stereocenters. The summed E-state index contributed by atoms with van der Waals surface area (Å²) in [6.07, 6.45) is -0.250. The standard InChI is InChI=1S/C32H34N4O6/c37-28(18-34-31(41)42-21-27-25-12-6-4-10-23(25)24-11-5-7-13-26(24)27)33-19-29(38)35-32(30(39)40)14-16-36(17-15-32)20-22-8-2-1-3-9-22/h1-13,27H,14-21H2,(H,33,37)(H,34,41)(H,35,38)(H,39,40). The highest BCUT2D eigenvalue weighted by atomic mass is 16.5. The van der Waals surface area contributed by atoms with Gasteiger partial charge in [-0.25, -0.2) is 9.59 Å². The maximum atomic E-state index is 12.6. The second kappa shape index (κ2) is 12.9. The van der Waals surface area contributed by atoms with Gasteiger partial charge in [0.25, 0.3) is 0 Å². The van der Waals surface area contributed by atoms with E-state index in [0.717, 1.165) is 27.8 Å². The molecular formula is C32H34N4O6. The highest BCUT2D eigenvalue weighted by Gasteiger charge is 2.42. The molecule has 1 fully saturated rings. The molecule has 0 saturated carbocycles. The van der Waals surface area contributed by atoms with Crippen molar-refractivity contribution in [2.45, 2.75) is 30.8 Å². The van der Waals surface area contributed by atoms with Crippen molar-refractivity contribution in [3.63, 3.8) is 0 Å². The summed E-state index contributed by atoms with van der Waals surface area (Å²) < 4.78 is 5.42. The quantitative estimate of drug-likeness (QED) is 0.294. The average Bonchev–Trinajstić information content (AvgIpc) is 3.33. The van der Waals surface area contributed by atoms with E-state index in [2.05, 4.69) is 20.9 Å². The molecule has 0 radical (unpaired) electrons. The van der Waals surface area contributed by atoms with E-state index in [9.17, 15) is 24.3 Å². The van der Waals surface area contributed by atoms with Crippen LogP contribution in [0.5, 0.6) is 0 Å². The number of amides is 3. The van der Waals surface area contributed by atoms with Crippen LogP contribution in [0.3, 0.4) is 0 Å². The fourth-order valence-corrected chi connectivity index (χ4v) is 5.68. The molecule has 1 aliphatic carbocycles. The predicted octanol–water partition coefficient (Wildman–Crippen LogP) is 2.88. The Bertz CT molecular complexity index is 1410. The Hall–Kier alpha value is -4.70. The number of rotatable bonds is 10. The van der Waals surface area contributed by atoms with Crippen LogP contribution >= 0.6 is 0 Å². The van der Waals surface area contributed by atoms with Gasteiger partial charge in [-0.3, -0.25) is 14.5 Å². The molecule has 3 aromatic carbocycles. The number of carboxylic acid groups (broad SMARTS) is 1. The summed E-state index contributed by atoms with van der Waals surface area (Å²) in [6.45, 7) is 1.05. The molecule has 218 valence electrons. The Morgan fingerprint density at radius 3 is 1.98 bits per heavy atom. The lowest BCUT2D eigenvalue weighted by atomic mass is 9.87. The van der Waals surface area contributed by atoms with Crippen LogP contribution in [-0.4, -0.2) is 72.2 Å². The molecule has 42 heavy (non-hydrogen) atoms. The molecule has 0 aromatic heterocycles. The lowest BCUT2D eigenvalue weighted by Gasteiger charge is -2.39. The van der Waals surface area contributed by atoms with E-state index < -0.39 is 36.0 Å². The van der Waals surface area contributed by atoms with Gasteiger partial charge in [0.05, 0.1) is 6.54 Å². The highest BCUT2D eigenvalue weighted by Crippen LogP contribution is 2.44. The van der Waals surface area contributed by atoms with E-state index in [0.29, 0.717) is 19.6 Å². The van der Waals surface area contributed by atoms with Crippen LogP contribution in [0, 0.1) is 0 Å². The Kier molecular flexibility index (Phi) is 8.83. The smallest absolute Gasteiger partial charge is 0.407 e. The van der Waals surface area contributed by atoms with Gasteiger partial charge >= 0.3 is 12.1 Å². The van der Waals surface area contributed by atoms with Crippen molar-refractivity contribution >= 4 is 23.9 Å². The molecule has 0 unspecified atom stereocenters. The normalized spacial score (nSPS) is 15.6. The van der Waals surface area contributed by atoms with Gasteiger partial charge in [0, 0.05) is 25.6 Å². The molecule has 5 rings (SSSR count). The highest BCUT2D eigenvalue weighted by molar-refractivity contribution is 5.91. The van der Waals surface area contributed by atoms with E-state index in [1.165, 1.54) is 0 Å². The molecule has 1 heterocycles. The topological polar surface area (TPSA) is 137 Å². The Labute approximate surface area is 244 Å². The third-order valence-electron chi connectivity index (χ3n) is 7.93. The van der Waals surface area contributed by atoms with Gasteiger partial charge in [-0.1, -0.05) is 78.9 Å². The molecule has 3 amide bonds. The van der Waals surface area contributed by atoms with Gasteiger partial charge in [-0.15, -0.1) is 0 Å². The van der Waals surface area contributed by atoms with Crippen molar-refractivity contribution in [1.82, 2.24) is 20.9 Å². The number of benzene rings is 3. The molecule has 0 bridgehead atoms. The number of fused-ring (bicyclic) bond motifs is 3. The van der Waals surface area contributed by atoms with Gasteiger partial charge in [-0.05, 0) is 40.7 Å². The minimum atomic E-state index is -1.39. The van der Waals surface area contributed by atoms with Crippen molar-refractivity contribution in [1.29, 1.82) is 0 Å². The van der Waals surface area contributed by atoms with Gasteiger partial charge in [0.15, 0.2) is 0 Å². The predicted molar refractivity (Wildman–Crippen MR) is 156 cm³/mol. The van der Waals surface area contributed by atoms with Crippen LogP contribution in [0.1, 0.15) is 35.4 Å². The summed E-state index contributed by atoms with van der Waals surface area (Å²) in [5.74, 6) is -2.41. The SMILES string of the molecule is O=C(CNC(=O)OCC1c2ccccc2-c2ccccc21)NCC(=O)NC1(C(=O)O)CCN(Cc2ccccc2)CC1. The summed E-state index contributed by atoms with van der Waals surface area (Å²) >= 11 is 0. The average molecular weight is 571 g/mol. The first-order valence-electron chi connectivity index (χ1n) is 14.0. The molecule has 0 spiro atoms. The second-order valence-corrected chi connectivity index (χ2v) is 10.7. The number of carboxylic acids is 1. The second-order valence-electron chi connectivity index (χ2n) is 10.7. The van der Waals surface area contributed by atoms with Gasteiger partial charge in [-0.2, -0.15) is 0 Å². The Balaban J connectivity index is 1.04. The number of alkyl carbamates (subject to hydrolysis) is 1. The largest absolute Gasteiger partial charge is 0.480 e. The van der Waals surface area contributed by atoms with E-state index in [1.807, 2.05) is 78.9 Å². The minimum absolute atomic E-state index is 0.104. The fraction of sp³-hybridized carbons (Fsp3) is 0.312. The molecule has 1 saturated heterocycles. The zero-order chi connectivity index (χ0) is 29.5. The van der Waals surface area contributed by atoms with E-state index in [1.54, 1.807) is 0 Å². The van der Waals surface area contributed by atoms with E-state index in [-0.39, 0.29) is 31.9 Å². The van der Waals surface area contributed by atoms with Crippen molar-refractivity contribution in [2.75, 3.05) is 32.8 Å². The van der Waals surface area contributed by atoms with E-state index >= 15 is 0 Å². The Morgan fingerprint density at radius 1 is 0.786 bits per heavy atom. The molecular weight excluding hydrogens is 536 g/mol. The van der Waals surface area contributed by atoms with Crippen molar-refractivity contribution < 1.29 is 29.0 Å². The van der Waals surface area contributed by atoms with Gasteiger partial charge in [0.1, 0.15) is 18.7 Å². The van der Waals surface area contributed by atoms with Crippen LogP contribution in [-0.2, 0) is 25.7 Å². The third kappa shape index (κ3) is 6.60. The zero-order valence-electron chi connectivity index (χ0n) is 23.2. The third-order valence-corrected chi connectivity index (χ3v) is 7.93. The van der Waals surface area contributed by atoms with Crippen LogP contribution < -0.4 is 16.0 Å². The number of hydrogen-bond acceptors (Lipinski definition) is 6. The number of aliphatic carboxylic acids is 1. The van der Waals surface area contributed by atoms with E-state index in [4.69, 9.17) is 4.74 Å². The number of likely N-dealkylation sites (tertiary alicyclic amines) is 1. The number of nitrogens with zero attached hydrogens (tertiary/aromatic N) is 1. The Morgan fingerprint density at radius 2 is 1.36 bits per heavy atom. The van der Waals surface area contributed by atoms with Crippen LogP contribution in [0.15, 0.2) is 78.9 Å². The molecule has 2 aliphatic rings. The summed E-state index contributed by atoms with van der Waals surface area (Å²) in [5.41, 5.74) is 4.13. The van der Waals surface area contributed by atoms with Crippen molar-refractivity contribution in [2.24, 2.45) is 0 Å². The first kappa shape index (κ1) is 28.8. The van der Waals surface area contributed by atoms with Crippen molar-refractivity contribution in [3.05, 3.63) is 95.6 Å². The summed E-state index contributed by atoms with van der Waals surface area (Å²) in [4.78, 5) is 51.4. The number of hydrogen-bond donors (Lipinski definition) is 4. The number of carbonyl (C=O) groups is 4. The summed E-state index contributed by atoms with van der Waals surface area (Å²) in [6, 6.07) is 25.9. The van der Waals surface area contributed by atoms with Crippen molar-refractivity contribution in [3.8, 4) is 11.1 Å². The van der Waals surface area contributed by atoms with Gasteiger partial charge in [0.2, 0.25) is 11.8 Å². The maximum Gasteiger partial charge on any atom is 0.407 e. The maximum absolute atomic E-state index is 12.6. The van der Waals surface area contributed by atoms with Crippen LogP contribution in [0.25, 0.3) is 11.1 Å². The molecule has 10 nitrogen and oxygen atoms in total. The first-order chi connectivity index (χ1) is 20.3. The first-order valence-corrected chi connectivity index (χ1v) is 14.0. The minimum Gasteiger partial charge on any atom is -0.480 e. The molecule has 3 aromatic rings. The fourth-order valence-electron chi connectivity index (χ4n) is 5.68. The molecule has 10 heteroatoms. The monoisotopic (exact) mass is 570 g/mol. The van der Waals surface area contributed by atoms with Crippen LogP contribution in [0.2, 0.25) is 0 Å². The summed E-state index contributed by atoms with van der Waals surface area (Å²) in [7, 11) is 0. The van der Waals surface area contributed by atoms with Gasteiger partial charge < -0.3 is 25.8 Å².